The van der Waals surface area contributed by atoms with E-state index in [4.69, 9.17) is 0 Å². The second kappa shape index (κ2) is 5.19. The summed E-state index contributed by atoms with van der Waals surface area (Å²) >= 11 is 1.75. The van der Waals surface area contributed by atoms with E-state index in [0.29, 0.717) is 6.54 Å². The molecule has 0 unspecified atom stereocenters. The maximum atomic E-state index is 11.9. The summed E-state index contributed by atoms with van der Waals surface area (Å²) < 4.78 is 0. The molecule has 1 saturated heterocycles. The third-order valence-corrected chi connectivity index (χ3v) is 4.51. The largest absolute Gasteiger partial charge is 0.354 e. The highest BCUT2D eigenvalue weighted by molar-refractivity contribution is 7.10. The van der Waals surface area contributed by atoms with Crippen molar-refractivity contribution in [2.24, 2.45) is 0 Å². The molecule has 3 nitrogen and oxygen atoms in total. The zero-order valence-corrected chi connectivity index (χ0v) is 11.3. The van der Waals surface area contributed by atoms with E-state index in [1.807, 2.05) is 0 Å². The molecule has 0 spiro atoms. The van der Waals surface area contributed by atoms with Crippen LogP contribution in [0.2, 0.25) is 0 Å². The number of hydrogen-bond acceptors (Lipinski definition) is 3. The third-order valence-electron chi connectivity index (χ3n) is 3.27. The Morgan fingerprint density at radius 3 is 3.06 bits per heavy atom. The molecule has 1 aromatic heterocycles. The number of nitrogens with one attached hydrogen (secondary N) is 2. The van der Waals surface area contributed by atoms with Crippen LogP contribution in [0.3, 0.4) is 0 Å². The van der Waals surface area contributed by atoms with Gasteiger partial charge in [-0.25, -0.2) is 0 Å². The lowest BCUT2D eigenvalue weighted by Crippen LogP contribution is -2.44. The lowest BCUT2D eigenvalue weighted by molar-refractivity contribution is -0.123. The maximum Gasteiger partial charge on any atom is 0.237 e. The topological polar surface area (TPSA) is 41.1 Å². The van der Waals surface area contributed by atoms with E-state index in [1.54, 1.807) is 11.3 Å². The van der Waals surface area contributed by atoms with Crippen molar-refractivity contribution in [2.45, 2.75) is 38.1 Å². The van der Waals surface area contributed by atoms with Gasteiger partial charge in [-0.15, -0.1) is 11.3 Å². The first-order valence-corrected chi connectivity index (χ1v) is 7.03. The van der Waals surface area contributed by atoms with Crippen LogP contribution in [-0.4, -0.2) is 25.0 Å². The van der Waals surface area contributed by atoms with Gasteiger partial charge in [0.2, 0.25) is 5.91 Å². The van der Waals surface area contributed by atoms with Crippen molar-refractivity contribution in [2.75, 3.05) is 13.1 Å². The molecule has 0 aromatic carbocycles. The van der Waals surface area contributed by atoms with Crippen LogP contribution in [0.5, 0.6) is 0 Å². The fourth-order valence-electron chi connectivity index (χ4n) is 2.09. The van der Waals surface area contributed by atoms with E-state index in [2.05, 4.69) is 42.0 Å². The normalized spacial score (nSPS) is 20.5. The summed E-state index contributed by atoms with van der Waals surface area (Å²) in [7, 11) is 0. The Balaban J connectivity index is 1.87. The Morgan fingerprint density at radius 1 is 1.65 bits per heavy atom. The molecule has 0 radical (unpaired) electrons. The van der Waals surface area contributed by atoms with Gasteiger partial charge in [0.05, 0.1) is 6.04 Å². The Hall–Kier alpha value is -0.870. The van der Waals surface area contributed by atoms with E-state index < -0.39 is 0 Å². The summed E-state index contributed by atoms with van der Waals surface area (Å²) in [6.07, 6.45) is 2.07. The summed E-state index contributed by atoms with van der Waals surface area (Å²) in [5.74, 6) is 0.145. The highest BCUT2D eigenvalue weighted by Crippen LogP contribution is 2.26. The van der Waals surface area contributed by atoms with Crippen molar-refractivity contribution in [1.82, 2.24) is 10.6 Å². The predicted molar refractivity (Wildman–Crippen MR) is 71.4 cm³/mol. The van der Waals surface area contributed by atoms with Crippen LogP contribution in [0.15, 0.2) is 17.5 Å². The van der Waals surface area contributed by atoms with Crippen molar-refractivity contribution in [1.29, 1.82) is 0 Å². The van der Waals surface area contributed by atoms with Gasteiger partial charge in [-0.05, 0) is 30.8 Å². The van der Waals surface area contributed by atoms with Crippen molar-refractivity contribution < 1.29 is 4.79 Å². The van der Waals surface area contributed by atoms with Crippen LogP contribution in [0.1, 0.15) is 31.6 Å². The minimum absolute atomic E-state index is 0.0163. The zero-order chi connectivity index (χ0) is 12.3. The molecule has 0 bridgehead atoms. The number of thiophene rings is 1. The lowest BCUT2D eigenvalue weighted by atomic mass is 9.91. The first-order valence-electron chi connectivity index (χ1n) is 6.15. The highest BCUT2D eigenvalue weighted by Gasteiger charge is 2.26. The molecule has 1 aromatic rings. The fraction of sp³-hybridized carbons (Fsp3) is 0.615. The number of amides is 1. The standard InChI is InChI=1S/C13H20N2OS/c1-13(2,11-6-4-8-17-11)9-15-12(16)10-5-3-7-14-10/h4,6,8,10,14H,3,5,7,9H2,1-2H3,(H,15,16)/t10-/m0/s1. The Morgan fingerprint density at radius 2 is 2.47 bits per heavy atom. The van der Waals surface area contributed by atoms with Gasteiger partial charge in [0, 0.05) is 16.8 Å². The van der Waals surface area contributed by atoms with Gasteiger partial charge in [-0.2, -0.15) is 0 Å². The highest BCUT2D eigenvalue weighted by atomic mass is 32.1. The number of hydrogen-bond donors (Lipinski definition) is 2. The Kier molecular flexibility index (Phi) is 3.84. The van der Waals surface area contributed by atoms with Crippen molar-refractivity contribution in [3.8, 4) is 0 Å². The smallest absolute Gasteiger partial charge is 0.237 e. The molecule has 1 atom stereocenters. The first kappa shape index (κ1) is 12.6. The number of carbonyl (C=O) groups excluding carboxylic acids is 1. The molecule has 0 saturated carbocycles. The molecule has 1 aliphatic rings. The Labute approximate surface area is 107 Å². The van der Waals surface area contributed by atoms with Crippen LogP contribution in [-0.2, 0) is 10.2 Å². The fourth-order valence-corrected chi connectivity index (χ4v) is 2.94. The molecule has 2 N–H and O–H groups in total. The summed E-state index contributed by atoms with van der Waals surface area (Å²) in [5, 5.41) is 8.36. The molecule has 2 heterocycles. The molecule has 2 rings (SSSR count). The SMILES string of the molecule is CC(C)(CNC(=O)[C@@H]1CCCN1)c1cccs1. The van der Waals surface area contributed by atoms with Crippen LogP contribution in [0.25, 0.3) is 0 Å². The van der Waals surface area contributed by atoms with Gasteiger partial charge in [-0.3, -0.25) is 4.79 Å². The molecule has 1 fully saturated rings. The molecular weight excluding hydrogens is 232 g/mol. The average molecular weight is 252 g/mol. The average Bonchev–Trinajstić information content (AvgIpc) is 2.97. The summed E-state index contributed by atoms with van der Waals surface area (Å²) in [4.78, 5) is 13.2. The van der Waals surface area contributed by atoms with Crippen molar-refractivity contribution in [3.63, 3.8) is 0 Å². The molecule has 4 heteroatoms. The van der Waals surface area contributed by atoms with Crippen LogP contribution in [0, 0.1) is 0 Å². The van der Waals surface area contributed by atoms with E-state index in [1.165, 1.54) is 4.88 Å². The molecular formula is C13H20N2OS. The van der Waals surface area contributed by atoms with Crippen molar-refractivity contribution in [3.05, 3.63) is 22.4 Å². The van der Waals surface area contributed by atoms with Gasteiger partial charge in [-0.1, -0.05) is 19.9 Å². The second-order valence-electron chi connectivity index (χ2n) is 5.23. The van der Waals surface area contributed by atoms with Crippen molar-refractivity contribution >= 4 is 17.2 Å². The Bertz CT molecular complexity index is 367. The number of rotatable bonds is 4. The van der Waals surface area contributed by atoms with Gasteiger partial charge >= 0.3 is 0 Å². The summed E-state index contributed by atoms with van der Waals surface area (Å²) in [5.41, 5.74) is 0.0163. The van der Waals surface area contributed by atoms with Crippen LogP contribution < -0.4 is 10.6 Å². The van der Waals surface area contributed by atoms with E-state index in [9.17, 15) is 4.79 Å². The van der Waals surface area contributed by atoms with Gasteiger partial charge < -0.3 is 10.6 Å². The van der Waals surface area contributed by atoms with Crippen LogP contribution >= 0.6 is 11.3 Å². The summed E-state index contributed by atoms with van der Waals surface area (Å²) in [6.45, 7) is 6.00. The van der Waals surface area contributed by atoms with E-state index >= 15 is 0 Å². The van der Waals surface area contributed by atoms with Crippen LogP contribution in [0.4, 0.5) is 0 Å². The van der Waals surface area contributed by atoms with Gasteiger partial charge in [0.25, 0.3) is 0 Å². The first-order chi connectivity index (χ1) is 8.09. The van der Waals surface area contributed by atoms with Gasteiger partial charge in [0.1, 0.15) is 0 Å². The predicted octanol–water partition coefficient (Wildman–Crippen LogP) is 1.89. The maximum absolute atomic E-state index is 11.9. The lowest BCUT2D eigenvalue weighted by Gasteiger charge is -2.24. The molecule has 17 heavy (non-hydrogen) atoms. The van der Waals surface area contributed by atoms with E-state index in [0.717, 1.165) is 19.4 Å². The molecule has 0 aliphatic carbocycles. The molecule has 94 valence electrons. The summed E-state index contributed by atoms with van der Waals surface area (Å²) in [6, 6.07) is 4.21. The zero-order valence-electron chi connectivity index (χ0n) is 10.5. The third kappa shape index (κ3) is 3.07. The molecule has 1 aliphatic heterocycles. The molecule has 1 amide bonds. The monoisotopic (exact) mass is 252 g/mol. The minimum atomic E-state index is 0.0163. The number of carbonyl (C=O) groups is 1. The quantitative estimate of drug-likeness (QED) is 0.859. The van der Waals surface area contributed by atoms with E-state index in [-0.39, 0.29) is 17.4 Å². The van der Waals surface area contributed by atoms with Gasteiger partial charge in [0.15, 0.2) is 0 Å². The minimum Gasteiger partial charge on any atom is -0.354 e. The second-order valence-corrected chi connectivity index (χ2v) is 6.18.